The number of Topliss-reactive ketones (excluding diaryl/α,β-unsaturated/α-hetero) is 1. The van der Waals surface area contributed by atoms with Crippen LogP contribution in [0, 0.1) is 0 Å². The van der Waals surface area contributed by atoms with E-state index in [0.717, 1.165) is 12.8 Å². The summed E-state index contributed by atoms with van der Waals surface area (Å²) in [7, 11) is 2.87. The molecule has 1 unspecified atom stereocenters. The Kier molecular flexibility index (Phi) is 6.62. The molecule has 1 fully saturated rings. The van der Waals surface area contributed by atoms with E-state index in [1.165, 1.54) is 31.3 Å². The zero-order valence-corrected chi connectivity index (χ0v) is 17.8. The predicted molar refractivity (Wildman–Crippen MR) is 113 cm³/mol. The highest BCUT2D eigenvalue weighted by Crippen LogP contribution is 2.42. The van der Waals surface area contributed by atoms with Crippen molar-refractivity contribution in [1.82, 2.24) is 9.88 Å². The molecule has 1 aliphatic heterocycles. The second-order valence-corrected chi connectivity index (χ2v) is 7.22. The highest BCUT2D eigenvalue weighted by molar-refractivity contribution is 6.46. The fourth-order valence-electron chi connectivity index (χ4n) is 3.52. The lowest BCUT2D eigenvalue weighted by Gasteiger charge is -2.25. The molecule has 0 radical (unpaired) electrons. The van der Waals surface area contributed by atoms with E-state index >= 15 is 0 Å². The van der Waals surface area contributed by atoms with Gasteiger partial charge >= 0.3 is 0 Å². The summed E-state index contributed by atoms with van der Waals surface area (Å²) in [4.78, 5) is 31.3. The number of ketones is 1. The minimum atomic E-state index is -0.749. The molecule has 158 valence electrons. The lowest BCUT2D eigenvalue weighted by atomic mass is 9.95. The molecule has 7 nitrogen and oxygen atoms in total. The van der Waals surface area contributed by atoms with Crippen molar-refractivity contribution in [3.8, 4) is 11.5 Å². The molecule has 0 saturated carbocycles. The lowest BCUT2D eigenvalue weighted by molar-refractivity contribution is -0.139. The van der Waals surface area contributed by atoms with Crippen LogP contribution in [0.3, 0.4) is 0 Å². The Morgan fingerprint density at radius 2 is 1.83 bits per heavy atom. The number of carbonyl (C=O) groups excluding carboxylic acids is 2. The first kappa shape index (κ1) is 21.6. The largest absolute Gasteiger partial charge is 0.507 e. The highest BCUT2D eigenvalue weighted by Gasteiger charge is 2.46. The van der Waals surface area contributed by atoms with Gasteiger partial charge in [-0.25, -0.2) is 0 Å². The van der Waals surface area contributed by atoms with Crippen LogP contribution in [-0.2, 0) is 9.59 Å². The van der Waals surface area contributed by atoms with Gasteiger partial charge in [-0.3, -0.25) is 14.6 Å². The third kappa shape index (κ3) is 3.85. The molecule has 0 spiro atoms. The van der Waals surface area contributed by atoms with Crippen LogP contribution < -0.4 is 9.47 Å². The van der Waals surface area contributed by atoms with Gasteiger partial charge in [0.2, 0.25) is 0 Å². The summed E-state index contributed by atoms with van der Waals surface area (Å²) in [5, 5.41) is 11.5. The summed E-state index contributed by atoms with van der Waals surface area (Å²) in [5.74, 6) is -1.18. The number of aromatic nitrogens is 1. The number of ether oxygens (including phenoxy) is 2. The molecule has 1 atom stereocenters. The molecule has 1 saturated heterocycles. The van der Waals surface area contributed by atoms with E-state index in [1.54, 1.807) is 24.5 Å². The Hall–Kier alpha value is -3.06. The van der Waals surface area contributed by atoms with Gasteiger partial charge in [-0.05, 0) is 30.2 Å². The van der Waals surface area contributed by atoms with Crippen LogP contribution in [0.1, 0.15) is 36.9 Å². The third-order valence-corrected chi connectivity index (χ3v) is 5.34. The van der Waals surface area contributed by atoms with Crippen molar-refractivity contribution in [1.29, 1.82) is 0 Å². The maximum atomic E-state index is 13.0. The second kappa shape index (κ2) is 9.17. The molecule has 0 bridgehead atoms. The van der Waals surface area contributed by atoms with Crippen molar-refractivity contribution in [2.75, 3.05) is 20.8 Å². The van der Waals surface area contributed by atoms with Gasteiger partial charge in [-0.2, -0.15) is 0 Å². The number of hydrogen-bond acceptors (Lipinski definition) is 6. The molecule has 1 aromatic heterocycles. The Morgan fingerprint density at radius 3 is 2.43 bits per heavy atom. The van der Waals surface area contributed by atoms with Crippen molar-refractivity contribution in [3.63, 3.8) is 0 Å². The summed E-state index contributed by atoms with van der Waals surface area (Å²) in [6.07, 6.45) is 4.75. The average Bonchev–Trinajstić information content (AvgIpc) is 3.02. The molecule has 1 amide bonds. The van der Waals surface area contributed by atoms with Crippen LogP contribution in [0.25, 0.3) is 5.76 Å². The fraction of sp³-hybridized carbons (Fsp3) is 0.318. The zero-order valence-electron chi connectivity index (χ0n) is 17.0. The predicted octanol–water partition coefficient (Wildman–Crippen LogP) is 3.97. The number of likely N-dealkylation sites (tertiary alicyclic amines) is 1. The number of halogens is 1. The molecule has 3 rings (SSSR count). The van der Waals surface area contributed by atoms with Gasteiger partial charge in [0.25, 0.3) is 11.7 Å². The molecule has 2 aromatic rings. The summed E-state index contributed by atoms with van der Waals surface area (Å²) in [5.41, 5.74) is 0.887. The number of unbranched alkanes of at least 4 members (excludes halogenated alkanes) is 1. The molecule has 1 aromatic carbocycles. The fourth-order valence-corrected chi connectivity index (χ4v) is 3.75. The lowest BCUT2D eigenvalue weighted by Crippen LogP contribution is -2.30. The Morgan fingerprint density at radius 1 is 1.17 bits per heavy atom. The molecule has 8 heteroatoms. The van der Waals surface area contributed by atoms with Crippen molar-refractivity contribution >= 4 is 29.1 Å². The van der Waals surface area contributed by atoms with Crippen LogP contribution >= 0.6 is 11.6 Å². The van der Waals surface area contributed by atoms with E-state index in [-0.39, 0.29) is 22.6 Å². The summed E-state index contributed by atoms with van der Waals surface area (Å²) >= 11 is 6.16. The molecular formula is C22H23ClN2O5. The van der Waals surface area contributed by atoms with E-state index in [9.17, 15) is 14.7 Å². The number of methoxy groups -OCH3 is 2. The third-order valence-electron chi connectivity index (χ3n) is 5.04. The van der Waals surface area contributed by atoms with Gasteiger partial charge in [-0.1, -0.05) is 24.9 Å². The van der Waals surface area contributed by atoms with Crippen LogP contribution in [0.5, 0.6) is 11.5 Å². The average molecular weight is 431 g/mol. The van der Waals surface area contributed by atoms with Gasteiger partial charge in [-0.15, -0.1) is 0 Å². The van der Waals surface area contributed by atoms with E-state index in [0.29, 0.717) is 22.9 Å². The first-order valence-corrected chi connectivity index (χ1v) is 9.92. The molecule has 0 aliphatic carbocycles. The molecule has 30 heavy (non-hydrogen) atoms. The number of carbonyl (C=O) groups is 2. The van der Waals surface area contributed by atoms with E-state index in [2.05, 4.69) is 4.98 Å². The van der Waals surface area contributed by atoms with E-state index < -0.39 is 17.7 Å². The molecular weight excluding hydrogens is 408 g/mol. The maximum absolute atomic E-state index is 13.0. The maximum Gasteiger partial charge on any atom is 0.295 e. The summed E-state index contributed by atoms with van der Waals surface area (Å²) in [6, 6.07) is 5.69. The minimum Gasteiger partial charge on any atom is -0.507 e. The molecule has 2 heterocycles. The monoisotopic (exact) mass is 430 g/mol. The molecule has 1 aliphatic rings. The quantitative estimate of drug-likeness (QED) is 0.406. The smallest absolute Gasteiger partial charge is 0.295 e. The van der Waals surface area contributed by atoms with Gasteiger partial charge in [0.05, 0.1) is 36.4 Å². The number of hydrogen-bond donors (Lipinski definition) is 1. The van der Waals surface area contributed by atoms with E-state index in [1.807, 2.05) is 6.92 Å². The number of benzene rings is 1. The Bertz CT molecular complexity index is 991. The van der Waals surface area contributed by atoms with Crippen molar-refractivity contribution in [3.05, 3.63) is 58.4 Å². The normalized spacial score (nSPS) is 18.0. The minimum absolute atomic E-state index is 0.00928. The van der Waals surface area contributed by atoms with Gasteiger partial charge in [0, 0.05) is 25.0 Å². The molecule has 1 N–H and O–H groups in total. The summed E-state index contributed by atoms with van der Waals surface area (Å²) < 4.78 is 10.6. The van der Waals surface area contributed by atoms with Crippen LogP contribution in [0.2, 0.25) is 5.02 Å². The summed E-state index contributed by atoms with van der Waals surface area (Å²) in [6.45, 7) is 2.40. The standard InChI is InChI=1S/C22H23ClN2O5/c1-4-5-10-25-19(13-6-8-24-9-7-13)18(21(27)22(25)28)20(26)14-11-17(30-3)15(23)12-16(14)29-2/h6-9,11-12,19,26H,4-5,10H2,1-3H3/b20-18+. The Balaban J connectivity index is 2.24. The van der Waals surface area contributed by atoms with Gasteiger partial charge in [0.1, 0.15) is 17.3 Å². The SMILES string of the molecule is CCCCN1C(=O)C(=O)/C(=C(/O)c2cc(OC)c(Cl)cc2OC)C1c1ccncc1. The number of aliphatic hydroxyl groups excluding tert-OH is 1. The first-order valence-electron chi connectivity index (χ1n) is 9.54. The number of aliphatic hydroxyl groups is 1. The van der Waals surface area contributed by atoms with Gasteiger partial charge < -0.3 is 19.5 Å². The van der Waals surface area contributed by atoms with E-state index in [4.69, 9.17) is 21.1 Å². The number of pyridine rings is 1. The Labute approximate surface area is 179 Å². The van der Waals surface area contributed by atoms with Gasteiger partial charge in [0.15, 0.2) is 0 Å². The van der Waals surface area contributed by atoms with Crippen LogP contribution in [0.15, 0.2) is 42.2 Å². The topological polar surface area (TPSA) is 89.0 Å². The highest BCUT2D eigenvalue weighted by atomic mass is 35.5. The number of rotatable bonds is 7. The first-order chi connectivity index (χ1) is 14.4. The van der Waals surface area contributed by atoms with Crippen LogP contribution in [0.4, 0.5) is 0 Å². The van der Waals surface area contributed by atoms with Crippen molar-refractivity contribution in [2.45, 2.75) is 25.8 Å². The van der Waals surface area contributed by atoms with Crippen molar-refractivity contribution in [2.24, 2.45) is 0 Å². The van der Waals surface area contributed by atoms with Crippen molar-refractivity contribution < 1.29 is 24.2 Å². The van der Waals surface area contributed by atoms with Crippen LogP contribution in [-0.4, -0.2) is 47.4 Å². The number of nitrogens with zero attached hydrogens (tertiary/aromatic N) is 2. The second-order valence-electron chi connectivity index (χ2n) is 6.81. The zero-order chi connectivity index (χ0) is 21.8. The number of amides is 1.